The van der Waals surface area contributed by atoms with E-state index < -0.39 is 0 Å². The van der Waals surface area contributed by atoms with Crippen LogP contribution in [0.25, 0.3) is 0 Å². The normalized spacial score (nSPS) is 59.1. The van der Waals surface area contributed by atoms with Gasteiger partial charge in [-0.3, -0.25) is 4.90 Å². The Morgan fingerprint density at radius 3 is 2.20 bits per heavy atom. The van der Waals surface area contributed by atoms with E-state index in [0.717, 1.165) is 5.92 Å². The predicted molar refractivity (Wildman–Crippen MR) is 83.5 cm³/mol. The Hall–Kier alpha value is -0.0800. The highest BCUT2D eigenvalue weighted by Gasteiger charge is 2.61. The lowest BCUT2D eigenvalue weighted by Gasteiger charge is -2.68. The third kappa shape index (κ3) is 1.90. The Kier molecular flexibility index (Phi) is 2.72. The van der Waals surface area contributed by atoms with Crippen molar-refractivity contribution in [2.45, 2.75) is 77.3 Å². The zero-order chi connectivity index (χ0) is 14.2. The maximum absolute atomic E-state index is 6.26. The van der Waals surface area contributed by atoms with Crippen LogP contribution in [0.2, 0.25) is 0 Å². The molecule has 4 aliphatic carbocycles. The maximum Gasteiger partial charge on any atom is 0.0222 e. The van der Waals surface area contributed by atoms with E-state index in [9.17, 15) is 0 Å². The highest BCUT2D eigenvalue weighted by molar-refractivity contribution is 5.15. The average Bonchev–Trinajstić information content (AvgIpc) is 2.27. The Balaban J connectivity index is 1.64. The monoisotopic (exact) mass is 276 g/mol. The van der Waals surface area contributed by atoms with Crippen molar-refractivity contribution in [3.8, 4) is 0 Å². The van der Waals surface area contributed by atoms with Crippen LogP contribution in [0.5, 0.6) is 0 Å². The van der Waals surface area contributed by atoms with Crippen molar-refractivity contribution in [3.05, 3.63) is 0 Å². The molecule has 4 atom stereocenters. The molecular formula is C18H32N2. The summed E-state index contributed by atoms with van der Waals surface area (Å²) in [4.78, 5) is 2.89. The second-order valence-corrected chi connectivity index (χ2v) is 9.73. The number of hydrogen-bond donors (Lipinski definition) is 1. The number of nitrogens with zero attached hydrogens (tertiary/aromatic N) is 1. The van der Waals surface area contributed by atoms with Crippen molar-refractivity contribution >= 4 is 0 Å². The van der Waals surface area contributed by atoms with Gasteiger partial charge in [-0.2, -0.15) is 0 Å². The summed E-state index contributed by atoms with van der Waals surface area (Å²) in [5.41, 5.74) is 8.07. The number of rotatable bonds is 1. The fourth-order valence-corrected chi connectivity index (χ4v) is 7.33. The molecule has 4 bridgehead atoms. The minimum Gasteiger partial charge on any atom is -0.327 e. The van der Waals surface area contributed by atoms with E-state index in [1.54, 1.807) is 0 Å². The lowest BCUT2D eigenvalue weighted by molar-refractivity contribution is -0.168. The molecule has 1 heterocycles. The first-order chi connectivity index (χ1) is 9.32. The van der Waals surface area contributed by atoms with Crippen LogP contribution in [0.4, 0.5) is 0 Å². The summed E-state index contributed by atoms with van der Waals surface area (Å²) in [5, 5.41) is 0. The predicted octanol–water partition coefficient (Wildman–Crippen LogP) is 3.40. The van der Waals surface area contributed by atoms with Gasteiger partial charge in [0.25, 0.3) is 0 Å². The summed E-state index contributed by atoms with van der Waals surface area (Å²) in [6.45, 7) is 10.0. The molecule has 4 saturated carbocycles. The van der Waals surface area contributed by atoms with Gasteiger partial charge in [-0.1, -0.05) is 20.8 Å². The Morgan fingerprint density at radius 2 is 1.65 bits per heavy atom. The summed E-state index contributed by atoms with van der Waals surface area (Å²) >= 11 is 0. The van der Waals surface area contributed by atoms with E-state index in [0.29, 0.717) is 28.3 Å². The van der Waals surface area contributed by atoms with Crippen molar-refractivity contribution in [1.29, 1.82) is 0 Å². The van der Waals surface area contributed by atoms with Crippen LogP contribution in [-0.2, 0) is 0 Å². The van der Waals surface area contributed by atoms with E-state index in [-0.39, 0.29) is 0 Å². The van der Waals surface area contributed by atoms with Gasteiger partial charge >= 0.3 is 0 Å². The minimum atomic E-state index is 0.436. The van der Waals surface area contributed by atoms with Crippen molar-refractivity contribution < 1.29 is 0 Å². The molecule has 1 aliphatic heterocycles. The molecule has 0 amide bonds. The van der Waals surface area contributed by atoms with Gasteiger partial charge in [0.05, 0.1) is 0 Å². The summed E-state index contributed by atoms with van der Waals surface area (Å²) in [7, 11) is 0. The largest absolute Gasteiger partial charge is 0.327 e. The van der Waals surface area contributed by atoms with Crippen molar-refractivity contribution in [3.63, 3.8) is 0 Å². The molecule has 0 aromatic rings. The quantitative estimate of drug-likeness (QED) is 0.795. The summed E-state index contributed by atoms with van der Waals surface area (Å²) < 4.78 is 0. The summed E-state index contributed by atoms with van der Waals surface area (Å²) in [5.74, 6) is 1.68. The third-order valence-corrected chi connectivity index (χ3v) is 7.24. The molecule has 2 heteroatoms. The molecule has 5 fully saturated rings. The fraction of sp³-hybridized carbons (Fsp3) is 1.00. The standard InChI is InChI=1S/C18H32N2/c1-13-9-20(5-4-15(13)19)18-8-14-6-16(2,11-18)10-17(3,7-14)12-18/h13-15H,4-12,19H2,1-3H3. The van der Waals surface area contributed by atoms with Crippen LogP contribution >= 0.6 is 0 Å². The maximum atomic E-state index is 6.26. The third-order valence-electron chi connectivity index (χ3n) is 7.24. The molecular weight excluding hydrogens is 244 g/mol. The molecule has 2 N–H and O–H groups in total. The molecule has 5 rings (SSSR count). The van der Waals surface area contributed by atoms with E-state index in [1.807, 2.05) is 0 Å². The van der Waals surface area contributed by atoms with Crippen LogP contribution in [0.1, 0.15) is 65.7 Å². The molecule has 20 heavy (non-hydrogen) atoms. The van der Waals surface area contributed by atoms with E-state index >= 15 is 0 Å². The second kappa shape index (κ2) is 4.01. The molecule has 0 aromatic heterocycles. The van der Waals surface area contributed by atoms with Gasteiger partial charge in [0, 0.05) is 24.7 Å². The summed E-state index contributed by atoms with van der Waals surface area (Å²) in [6, 6.07) is 0.436. The van der Waals surface area contributed by atoms with Crippen LogP contribution < -0.4 is 5.73 Å². The second-order valence-electron chi connectivity index (χ2n) is 9.73. The number of nitrogens with two attached hydrogens (primary N) is 1. The van der Waals surface area contributed by atoms with Gasteiger partial charge in [0.1, 0.15) is 0 Å². The Morgan fingerprint density at radius 1 is 1.00 bits per heavy atom. The number of piperidine rings is 1. The van der Waals surface area contributed by atoms with Crippen LogP contribution in [0.3, 0.4) is 0 Å². The van der Waals surface area contributed by atoms with Crippen molar-refractivity contribution in [2.75, 3.05) is 13.1 Å². The number of hydrogen-bond acceptors (Lipinski definition) is 2. The zero-order valence-corrected chi connectivity index (χ0v) is 13.6. The van der Waals surface area contributed by atoms with Gasteiger partial charge < -0.3 is 5.73 Å². The molecule has 2 nitrogen and oxygen atoms in total. The van der Waals surface area contributed by atoms with Gasteiger partial charge in [-0.15, -0.1) is 0 Å². The van der Waals surface area contributed by atoms with Gasteiger partial charge in [-0.25, -0.2) is 0 Å². The van der Waals surface area contributed by atoms with Crippen LogP contribution in [0, 0.1) is 22.7 Å². The van der Waals surface area contributed by atoms with E-state index in [4.69, 9.17) is 5.73 Å². The van der Waals surface area contributed by atoms with Gasteiger partial charge in [-0.05, 0) is 67.6 Å². The van der Waals surface area contributed by atoms with Crippen molar-refractivity contribution in [1.82, 2.24) is 4.90 Å². The number of likely N-dealkylation sites (tertiary alicyclic amines) is 1. The van der Waals surface area contributed by atoms with Gasteiger partial charge in [0.15, 0.2) is 0 Å². The zero-order valence-electron chi connectivity index (χ0n) is 13.6. The molecule has 0 aromatic carbocycles. The smallest absolute Gasteiger partial charge is 0.0222 e. The molecule has 114 valence electrons. The highest BCUT2D eigenvalue weighted by Crippen LogP contribution is 2.67. The fourth-order valence-electron chi connectivity index (χ4n) is 7.33. The van der Waals surface area contributed by atoms with E-state index in [1.165, 1.54) is 58.0 Å². The summed E-state index contributed by atoms with van der Waals surface area (Å²) in [6.07, 6.45) is 10.1. The van der Waals surface area contributed by atoms with E-state index in [2.05, 4.69) is 25.7 Å². The molecule has 0 radical (unpaired) electrons. The molecule has 0 spiro atoms. The highest BCUT2D eigenvalue weighted by atomic mass is 15.2. The first-order valence-corrected chi connectivity index (χ1v) is 8.82. The lowest BCUT2D eigenvalue weighted by Crippen LogP contribution is -2.67. The average molecular weight is 276 g/mol. The lowest BCUT2D eigenvalue weighted by atomic mass is 9.42. The van der Waals surface area contributed by atoms with Gasteiger partial charge in [0.2, 0.25) is 0 Å². The minimum absolute atomic E-state index is 0.436. The molecule has 4 unspecified atom stereocenters. The first kappa shape index (κ1) is 13.6. The van der Waals surface area contributed by atoms with Crippen molar-refractivity contribution in [2.24, 2.45) is 28.4 Å². The molecule has 1 saturated heterocycles. The van der Waals surface area contributed by atoms with Crippen LogP contribution in [-0.4, -0.2) is 29.6 Å². The molecule has 5 aliphatic rings. The van der Waals surface area contributed by atoms with Crippen LogP contribution in [0.15, 0.2) is 0 Å². The first-order valence-electron chi connectivity index (χ1n) is 8.82. The Bertz CT molecular complexity index is 400. The SMILES string of the molecule is CC1CN(C23CC4CC(C)(CC(C)(C4)C2)C3)CCC1N. The topological polar surface area (TPSA) is 29.3 Å². The Labute approximate surface area is 124 Å².